The molecule has 1 saturated heterocycles. The highest BCUT2D eigenvalue weighted by molar-refractivity contribution is 5.79. The van der Waals surface area contributed by atoms with E-state index in [0.29, 0.717) is 17.9 Å². The molecule has 0 radical (unpaired) electrons. The van der Waals surface area contributed by atoms with Crippen LogP contribution in [0.5, 0.6) is 11.5 Å². The van der Waals surface area contributed by atoms with Crippen molar-refractivity contribution in [2.24, 2.45) is 0 Å². The van der Waals surface area contributed by atoms with Crippen molar-refractivity contribution in [2.75, 3.05) is 27.3 Å². The predicted molar refractivity (Wildman–Crippen MR) is 72.7 cm³/mol. The topological polar surface area (TPSA) is 59.6 Å². The molecular formula is C14H20N2O3. The normalized spacial score (nSPS) is 18.1. The zero-order valence-corrected chi connectivity index (χ0v) is 11.4. The molecule has 1 amide bonds. The summed E-state index contributed by atoms with van der Waals surface area (Å²) in [5, 5.41) is 6.24. The summed E-state index contributed by atoms with van der Waals surface area (Å²) in [4.78, 5) is 11.9. The lowest BCUT2D eigenvalue weighted by molar-refractivity contribution is -0.121. The molecule has 1 aliphatic heterocycles. The van der Waals surface area contributed by atoms with Gasteiger partial charge >= 0.3 is 0 Å². The number of rotatable bonds is 5. The molecule has 1 unspecified atom stereocenters. The third-order valence-electron chi connectivity index (χ3n) is 3.24. The Hall–Kier alpha value is -1.75. The van der Waals surface area contributed by atoms with E-state index in [1.807, 2.05) is 18.2 Å². The first-order chi connectivity index (χ1) is 9.22. The van der Waals surface area contributed by atoms with Crippen LogP contribution in [-0.4, -0.2) is 39.3 Å². The van der Waals surface area contributed by atoms with Gasteiger partial charge in [0.1, 0.15) is 0 Å². The molecule has 0 spiro atoms. The number of carbonyl (C=O) groups excluding carboxylic acids is 1. The van der Waals surface area contributed by atoms with Gasteiger partial charge in [0.2, 0.25) is 5.91 Å². The quantitative estimate of drug-likeness (QED) is 0.823. The summed E-state index contributed by atoms with van der Waals surface area (Å²) in [6.07, 6.45) is 1.36. The van der Waals surface area contributed by atoms with Crippen molar-refractivity contribution in [1.82, 2.24) is 10.6 Å². The standard InChI is InChI=1S/C14H20N2O3/c1-18-12-4-3-10(7-13(12)19-2)8-14(17)16-11-5-6-15-9-11/h3-4,7,11,15H,5-6,8-9H2,1-2H3,(H,16,17). The van der Waals surface area contributed by atoms with Crippen LogP contribution in [0.2, 0.25) is 0 Å². The molecule has 1 fully saturated rings. The van der Waals surface area contributed by atoms with Crippen LogP contribution in [0.1, 0.15) is 12.0 Å². The van der Waals surface area contributed by atoms with E-state index in [1.54, 1.807) is 14.2 Å². The summed E-state index contributed by atoms with van der Waals surface area (Å²) in [7, 11) is 3.18. The monoisotopic (exact) mass is 264 g/mol. The third-order valence-corrected chi connectivity index (χ3v) is 3.24. The number of carbonyl (C=O) groups is 1. The Kier molecular flexibility index (Phi) is 4.63. The fourth-order valence-corrected chi connectivity index (χ4v) is 2.23. The molecule has 1 heterocycles. The second kappa shape index (κ2) is 6.43. The molecular weight excluding hydrogens is 244 g/mol. The first-order valence-corrected chi connectivity index (χ1v) is 6.44. The van der Waals surface area contributed by atoms with Crippen molar-refractivity contribution in [1.29, 1.82) is 0 Å². The molecule has 0 aliphatic carbocycles. The number of benzene rings is 1. The van der Waals surface area contributed by atoms with Gasteiger partial charge in [-0.2, -0.15) is 0 Å². The largest absolute Gasteiger partial charge is 0.493 e. The lowest BCUT2D eigenvalue weighted by atomic mass is 10.1. The van der Waals surface area contributed by atoms with Crippen LogP contribution in [-0.2, 0) is 11.2 Å². The number of ether oxygens (including phenoxy) is 2. The molecule has 0 aromatic heterocycles. The number of amides is 1. The van der Waals surface area contributed by atoms with Crippen LogP contribution in [0, 0.1) is 0 Å². The Labute approximate surface area is 113 Å². The zero-order valence-electron chi connectivity index (χ0n) is 11.4. The van der Waals surface area contributed by atoms with Crippen LogP contribution in [0.25, 0.3) is 0 Å². The highest BCUT2D eigenvalue weighted by Crippen LogP contribution is 2.27. The Morgan fingerprint density at radius 2 is 2.16 bits per heavy atom. The number of methoxy groups -OCH3 is 2. The average Bonchev–Trinajstić information content (AvgIpc) is 2.91. The van der Waals surface area contributed by atoms with Gasteiger partial charge in [0.25, 0.3) is 0 Å². The third kappa shape index (κ3) is 3.61. The van der Waals surface area contributed by atoms with E-state index in [1.165, 1.54) is 0 Å². The summed E-state index contributed by atoms with van der Waals surface area (Å²) < 4.78 is 10.4. The van der Waals surface area contributed by atoms with Gasteiger partial charge in [0.15, 0.2) is 11.5 Å². The lowest BCUT2D eigenvalue weighted by Crippen LogP contribution is -2.37. The SMILES string of the molecule is COc1ccc(CC(=O)NC2CCNC2)cc1OC. The van der Waals surface area contributed by atoms with Gasteiger partial charge in [-0.1, -0.05) is 6.07 Å². The van der Waals surface area contributed by atoms with Crippen molar-refractivity contribution in [3.05, 3.63) is 23.8 Å². The van der Waals surface area contributed by atoms with Gasteiger partial charge in [-0.15, -0.1) is 0 Å². The van der Waals surface area contributed by atoms with Gasteiger partial charge in [0.05, 0.1) is 20.6 Å². The molecule has 104 valence electrons. The van der Waals surface area contributed by atoms with E-state index in [-0.39, 0.29) is 11.9 Å². The smallest absolute Gasteiger partial charge is 0.224 e. The maximum absolute atomic E-state index is 11.9. The van der Waals surface area contributed by atoms with Gasteiger partial charge in [-0.3, -0.25) is 4.79 Å². The van der Waals surface area contributed by atoms with E-state index in [2.05, 4.69) is 10.6 Å². The van der Waals surface area contributed by atoms with Crippen LogP contribution < -0.4 is 20.1 Å². The highest BCUT2D eigenvalue weighted by Gasteiger charge is 2.17. The lowest BCUT2D eigenvalue weighted by Gasteiger charge is -2.12. The first-order valence-electron chi connectivity index (χ1n) is 6.44. The van der Waals surface area contributed by atoms with Crippen LogP contribution in [0.4, 0.5) is 0 Å². The van der Waals surface area contributed by atoms with Crippen LogP contribution >= 0.6 is 0 Å². The molecule has 2 N–H and O–H groups in total. The number of hydrogen-bond acceptors (Lipinski definition) is 4. The second-order valence-corrected chi connectivity index (χ2v) is 4.62. The Morgan fingerprint density at radius 3 is 2.79 bits per heavy atom. The minimum Gasteiger partial charge on any atom is -0.493 e. The first kappa shape index (κ1) is 13.7. The summed E-state index contributed by atoms with van der Waals surface area (Å²) in [5.74, 6) is 1.36. The van der Waals surface area contributed by atoms with Crippen molar-refractivity contribution >= 4 is 5.91 Å². The van der Waals surface area contributed by atoms with Gasteiger partial charge < -0.3 is 20.1 Å². The van der Waals surface area contributed by atoms with Crippen LogP contribution in [0.15, 0.2) is 18.2 Å². The van der Waals surface area contributed by atoms with Gasteiger partial charge in [0, 0.05) is 12.6 Å². The molecule has 0 saturated carbocycles. The second-order valence-electron chi connectivity index (χ2n) is 4.62. The zero-order chi connectivity index (χ0) is 13.7. The molecule has 5 heteroatoms. The molecule has 19 heavy (non-hydrogen) atoms. The van der Waals surface area contributed by atoms with Crippen molar-refractivity contribution in [2.45, 2.75) is 18.9 Å². The molecule has 1 atom stereocenters. The van der Waals surface area contributed by atoms with E-state index >= 15 is 0 Å². The molecule has 1 aliphatic rings. The Bertz CT molecular complexity index is 442. The summed E-state index contributed by atoms with van der Waals surface area (Å²) in [6.45, 7) is 1.83. The molecule has 0 bridgehead atoms. The highest BCUT2D eigenvalue weighted by atomic mass is 16.5. The van der Waals surface area contributed by atoms with Crippen molar-refractivity contribution in [3.8, 4) is 11.5 Å². The summed E-state index contributed by atoms with van der Waals surface area (Å²) >= 11 is 0. The molecule has 2 rings (SSSR count). The summed E-state index contributed by atoms with van der Waals surface area (Å²) in [6, 6.07) is 5.80. The minimum absolute atomic E-state index is 0.0425. The van der Waals surface area contributed by atoms with Crippen molar-refractivity contribution < 1.29 is 14.3 Å². The van der Waals surface area contributed by atoms with E-state index in [4.69, 9.17) is 9.47 Å². The fourth-order valence-electron chi connectivity index (χ4n) is 2.23. The summed E-state index contributed by atoms with van der Waals surface area (Å²) in [5.41, 5.74) is 0.918. The number of nitrogens with one attached hydrogen (secondary N) is 2. The van der Waals surface area contributed by atoms with E-state index in [9.17, 15) is 4.79 Å². The van der Waals surface area contributed by atoms with E-state index < -0.39 is 0 Å². The fraction of sp³-hybridized carbons (Fsp3) is 0.500. The Balaban J connectivity index is 1.96. The maximum atomic E-state index is 11.9. The molecule has 1 aromatic rings. The maximum Gasteiger partial charge on any atom is 0.224 e. The predicted octanol–water partition coefficient (Wildman–Crippen LogP) is 0.724. The average molecular weight is 264 g/mol. The van der Waals surface area contributed by atoms with Gasteiger partial charge in [-0.05, 0) is 30.7 Å². The van der Waals surface area contributed by atoms with Crippen molar-refractivity contribution in [3.63, 3.8) is 0 Å². The molecule has 1 aromatic carbocycles. The van der Waals surface area contributed by atoms with Crippen LogP contribution in [0.3, 0.4) is 0 Å². The minimum atomic E-state index is 0.0425. The Morgan fingerprint density at radius 1 is 1.37 bits per heavy atom. The van der Waals surface area contributed by atoms with Gasteiger partial charge in [-0.25, -0.2) is 0 Å². The molecule has 5 nitrogen and oxygen atoms in total. The number of hydrogen-bond donors (Lipinski definition) is 2. The van der Waals surface area contributed by atoms with E-state index in [0.717, 1.165) is 25.1 Å².